The van der Waals surface area contributed by atoms with Gasteiger partial charge < -0.3 is 9.88 Å². The van der Waals surface area contributed by atoms with Gasteiger partial charge in [-0.3, -0.25) is 9.69 Å². The zero-order valence-corrected chi connectivity index (χ0v) is 15.1. The zero-order chi connectivity index (χ0) is 16.5. The number of fused-ring (bicyclic) bond motifs is 1. The molecule has 1 aromatic heterocycles. The first-order valence-electron chi connectivity index (χ1n) is 8.88. The fourth-order valence-corrected chi connectivity index (χ4v) is 5.23. The van der Waals surface area contributed by atoms with E-state index in [9.17, 15) is 4.79 Å². The summed E-state index contributed by atoms with van der Waals surface area (Å²) in [5, 5.41) is 1.19. The monoisotopic (exact) mass is 343 g/mol. The van der Waals surface area contributed by atoms with Crippen LogP contribution in [-0.4, -0.2) is 64.4 Å². The summed E-state index contributed by atoms with van der Waals surface area (Å²) < 4.78 is 0. The van der Waals surface area contributed by atoms with E-state index in [1.165, 1.54) is 23.3 Å². The van der Waals surface area contributed by atoms with Crippen LogP contribution in [-0.2, 0) is 11.2 Å². The number of para-hydroxylation sites is 1. The van der Waals surface area contributed by atoms with Crippen LogP contribution in [0.2, 0.25) is 0 Å². The number of thioether (sulfide) groups is 1. The molecule has 0 aliphatic carbocycles. The minimum Gasteiger partial charge on any atom is -0.358 e. The van der Waals surface area contributed by atoms with Crippen molar-refractivity contribution in [3.63, 3.8) is 0 Å². The number of hydrogen-bond donors (Lipinski definition) is 1. The van der Waals surface area contributed by atoms with Crippen LogP contribution in [0.25, 0.3) is 10.9 Å². The van der Waals surface area contributed by atoms with Gasteiger partial charge in [-0.15, -0.1) is 0 Å². The minimum atomic E-state index is 0.267. The Morgan fingerprint density at radius 1 is 1.25 bits per heavy atom. The van der Waals surface area contributed by atoms with Gasteiger partial charge in [-0.2, -0.15) is 11.8 Å². The number of H-pyrrole nitrogens is 1. The molecule has 0 bridgehead atoms. The molecule has 2 aromatic rings. The smallest absolute Gasteiger partial charge is 0.227 e. The van der Waals surface area contributed by atoms with Crippen LogP contribution in [0.15, 0.2) is 24.3 Å². The Balaban J connectivity index is 1.40. The van der Waals surface area contributed by atoms with Crippen LogP contribution >= 0.6 is 11.8 Å². The molecule has 4 nitrogen and oxygen atoms in total. The molecular weight excluding hydrogens is 318 g/mol. The van der Waals surface area contributed by atoms with E-state index in [0.29, 0.717) is 6.42 Å². The lowest BCUT2D eigenvalue weighted by Gasteiger charge is -2.37. The molecular formula is C19H25N3OS. The van der Waals surface area contributed by atoms with Gasteiger partial charge in [-0.25, -0.2) is 0 Å². The molecule has 1 atom stereocenters. The molecule has 3 heterocycles. The first kappa shape index (κ1) is 16.0. The van der Waals surface area contributed by atoms with E-state index >= 15 is 0 Å². The van der Waals surface area contributed by atoms with Gasteiger partial charge in [-0.1, -0.05) is 18.2 Å². The molecule has 0 spiro atoms. The van der Waals surface area contributed by atoms with Gasteiger partial charge >= 0.3 is 0 Å². The van der Waals surface area contributed by atoms with Crippen molar-refractivity contribution in [2.75, 3.05) is 37.7 Å². The fraction of sp³-hybridized carbons (Fsp3) is 0.526. The lowest BCUT2D eigenvalue weighted by Crippen LogP contribution is -2.52. The maximum atomic E-state index is 12.8. The normalized spacial score (nSPS) is 22.4. The third kappa shape index (κ3) is 3.07. The van der Waals surface area contributed by atoms with Crippen LogP contribution in [0.4, 0.5) is 0 Å². The molecule has 0 saturated carbocycles. The third-order valence-electron chi connectivity index (χ3n) is 5.44. The number of piperazine rings is 1. The molecule has 5 heteroatoms. The molecule has 4 rings (SSSR count). The molecule has 1 amide bonds. The molecule has 24 heavy (non-hydrogen) atoms. The highest BCUT2D eigenvalue weighted by molar-refractivity contribution is 7.99. The van der Waals surface area contributed by atoms with Crippen LogP contribution in [0.5, 0.6) is 0 Å². The molecule has 2 fully saturated rings. The molecule has 128 valence electrons. The summed E-state index contributed by atoms with van der Waals surface area (Å²) in [7, 11) is 0. The van der Waals surface area contributed by atoms with Crippen molar-refractivity contribution in [3.8, 4) is 0 Å². The van der Waals surface area contributed by atoms with E-state index < -0.39 is 0 Å². The molecule has 2 saturated heterocycles. The lowest BCUT2D eigenvalue weighted by molar-refractivity contribution is -0.132. The minimum absolute atomic E-state index is 0.267. The van der Waals surface area contributed by atoms with Crippen molar-refractivity contribution in [1.29, 1.82) is 0 Å². The Bertz CT molecular complexity index is 727. The quantitative estimate of drug-likeness (QED) is 0.931. The van der Waals surface area contributed by atoms with Crippen molar-refractivity contribution in [2.24, 2.45) is 0 Å². The second-order valence-corrected chi connectivity index (χ2v) is 8.03. The van der Waals surface area contributed by atoms with E-state index in [1.54, 1.807) is 0 Å². The van der Waals surface area contributed by atoms with Crippen molar-refractivity contribution in [1.82, 2.24) is 14.8 Å². The second-order valence-electron chi connectivity index (χ2n) is 6.89. The average molecular weight is 343 g/mol. The number of benzene rings is 1. The Labute approximate surface area is 147 Å². The summed E-state index contributed by atoms with van der Waals surface area (Å²) in [6.07, 6.45) is 1.82. The number of carbonyl (C=O) groups is 1. The lowest BCUT2D eigenvalue weighted by atomic mass is 10.1. The summed E-state index contributed by atoms with van der Waals surface area (Å²) >= 11 is 2.06. The van der Waals surface area contributed by atoms with Crippen LogP contribution in [0.3, 0.4) is 0 Å². The van der Waals surface area contributed by atoms with Crippen molar-refractivity contribution in [2.45, 2.75) is 25.8 Å². The maximum absolute atomic E-state index is 12.8. The van der Waals surface area contributed by atoms with Gasteiger partial charge in [0.2, 0.25) is 5.91 Å². The standard InChI is InChI=1S/C19H25N3OS/c1-14-17(16-4-2-3-5-18(16)20-14)12-19(23)22-9-7-21(8-10-22)15-6-11-24-13-15/h2-5,15,20H,6-13H2,1H3. The second kappa shape index (κ2) is 6.81. The zero-order valence-electron chi connectivity index (χ0n) is 14.3. The van der Waals surface area contributed by atoms with E-state index in [-0.39, 0.29) is 5.91 Å². The van der Waals surface area contributed by atoms with Crippen LogP contribution in [0.1, 0.15) is 17.7 Å². The Morgan fingerprint density at radius 3 is 2.79 bits per heavy atom. The van der Waals surface area contributed by atoms with Crippen LogP contribution in [0, 0.1) is 6.92 Å². The Hall–Kier alpha value is -1.46. The van der Waals surface area contributed by atoms with Gasteiger partial charge in [0.15, 0.2) is 0 Å². The predicted molar refractivity (Wildman–Crippen MR) is 101 cm³/mol. The SMILES string of the molecule is Cc1[nH]c2ccccc2c1CC(=O)N1CCN(C2CCSC2)CC1. The van der Waals surface area contributed by atoms with E-state index in [1.807, 2.05) is 12.1 Å². The summed E-state index contributed by atoms with van der Waals surface area (Å²) in [5.41, 5.74) is 3.40. The predicted octanol–water partition coefficient (Wildman–Crippen LogP) is 2.67. The topological polar surface area (TPSA) is 39.3 Å². The number of aryl methyl sites for hydroxylation is 1. The summed E-state index contributed by atoms with van der Waals surface area (Å²) in [6, 6.07) is 9.00. The van der Waals surface area contributed by atoms with Gasteiger partial charge in [0.1, 0.15) is 0 Å². The Kier molecular flexibility index (Phi) is 4.55. The summed E-state index contributed by atoms with van der Waals surface area (Å²) in [5.74, 6) is 2.83. The number of nitrogens with zero attached hydrogens (tertiary/aromatic N) is 2. The average Bonchev–Trinajstić information content (AvgIpc) is 3.24. The molecule has 0 radical (unpaired) electrons. The fourth-order valence-electron chi connectivity index (χ4n) is 3.97. The molecule has 1 unspecified atom stereocenters. The number of nitrogens with one attached hydrogen (secondary N) is 1. The van der Waals surface area contributed by atoms with Gasteiger partial charge in [0.25, 0.3) is 0 Å². The number of carbonyl (C=O) groups excluding carboxylic acids is 1. The van der Waals surface area contributed by atoms with Gasteiger partial charge in [0.05, 0.1) is 6.42 Å². The van der Waals surface area contributed by atoms with E-state index in [2.05, 4.69) is 45.6 Å². The van der Waals surface area contributed by atoms with Crippen molar-refractivity contribution >= 4 is 28.6 Å². The first-order chi connectivity index (χ1) is 11.7. The Morgan fingerprint density at radius 2 is 2.04 bits per heavy atom. The van der Waals surface area contributed by atoms with Crippen LogP contribution < -0.4 is 0 Å². The summed E-state index contributed by atoms with van der Waals surface area (Å²) in [4.78, 5) is 20.8. The largest absolute Gasteiger partial charge is 0.358 e. The molecule has 2 aliphatic rings. The first-order valence-corrected chi connectivity index (χ1v) is 10.0. The molecule has 1 N–H and O–H groups in total. The molecule has 1 aromatic carbocycles. The highest BCUT2D eigenvalue weighted by Gasteiger charge is 2.28. The number of rotatable bonds is 3. The van der Waals surface area contributed by atoms with Crippen molar-refractivity contribution < 1.29 is 4.79 Å². The van der Waals surface area contributed by atoms with E-state index in [4.69, 9.17) is 0 Å². The number of amides is 1. The van der Waals surface area contributed by atoms with Gasteiger partial charge in [0, 0.05) is 54.6 Å². The third-order valence-corrected chi connectivity index (χ3v) is 6.59. The number of hydrogen-bond acceptors (Lipinski definition) is 3. The highest BCUT2D eigenvalue weighted by atomic mass is 32.2. The van der Waals surface area contributed by atoms with Crippen molar-refractivity contribution in [3.05, 3.63) is 35.5 Å². The number of aromatic amines is 1. The van der Waals surface area contributed by atoms with E-state index in [0.717, 1.165) is 49.0 Å². The number of aromatic nitrogens is 1. The molecule has 2 aliphatic heterocycles. The maximum Gasteiger partial charge on any atom is 0.227 e. The van der Waals surface area contributed by atoms with Gasteiger partial charge in [-0.05, 0) is 30.7 Å². The summed E-state index contributed by atoms with van der Waals surface area (Å²) in [6.45, 7) is 5.88. The highest BCUT2D eigenvalue weighted by Crippen LogP contribution is 2.25.